The van der Waals surface area contributed by atoms with Gasteiger partial charge < -0.3 is 19.1 Å². The maximum absolute atomic E-state index is 12.7. The van der Waals surface area contributed by atoms with Gasteiger partial charge in [-0.05, 0) is 42.5 Å². The summed E-state index contributed by atoms with van der Waals surface area (Å²) in [7, 11) is 1.36. The number of morpholine rings is 1. The van der Waals surface area contributed by atoms with E-state index in [9.17, 15) is 13.6 Å². The lowest BCUT2D eigenvalue weighted by Gasteiger charge is -2.28. The van der Waals surface area contributed by atoms with Gasteiger partial charge in [0.15, 0.2) is 17.3 Å². The summed E-state index contributed by atoms with van der Waals surface area (Å²) in [5.74, 6) is -0.171. The van der Waals surface area contributed by atoms with Crippen LogP contribution in [-0.4, -0.2) is 45.8 Å². The third-order valence-corrected chi connectivity index (χ3v) is 4.38. The van der Waals surface area contributed by atoms with Gasteiger partial charge in [0, 0.05) is 29.9 Å². The summed E-state index contributed by atoms with van der Waals surface area (Å²) in [5, 5.41) is 0. The zero-order valence-electron chi connectivity index (χ0n) is 15.4. The van der Waals surface area contributed by atoms with Crippen molar-refractivity contribution in [1.82, 2.24) is 0 Å². The number of ketones is 1. The molecule has 5 nitrogen and oxygen atoms in total. The number of ether oxygens (including phenoxy) is 3. The van der Waals surface area contributed by atoms with Crippen molar-refractivity contribution in [2.45, 2.75) is 6.61 Å². The largest absolute Gasteiger partial charge is 0.493 e. The van der Waals surface area contributed by atoms with Crippen LogP contribution in [-0.2, 0) is 4.74 Å². The molecule has 0 aliphatic carbocycles. The monoisotopic (exact) mass is 389 g/mol. The molecule has 0 radical (unpaired) electrons. The molecule has 1 saturated heterocycles. The summed E-state index contributed by atoms with van der Waals surface area (Å²) in [5.41, 5.74) is 1.87. The summed E-state index contributed by atoms with van der Waals surface area (Å²) in [6.07, 6.45) is 2.77. The maximum Gasteiger partial charge on any atom is 0.387 e. The predicted octanol–water partition coefficient (Wildman–Crippen LogP) is 4.03. The van der Waals surface area contributed by atoms with E-state index in [1.807, 2.05) is 12.1 Å². The lowest BCUT2D eigenvalue weighted by atomic mass is 10.1. The minimum Gasteiger partial charge on any atom is -0.493 e. The molecule has 3 rings (SSSR count). The number of para-hydroxylation sites is 1. The Kier molecular flexibility index (Phi) is 6.60. The number of halogens is 2. The molecule has 0 amide bonds. The van der Waals surface area contributed by atoms with Gasteiger partial charge in [-0.25, -0.2) is 0 Å². The van der Waals surface area contributed by atoms with Crippen LogP contribution in [0.3, 0.4) is 0 Å². The van der Waals surface area contributed by atoms with Gasteiger partial charge in [-0.3, -0.25) is 4.79 Å². The predicted molar refractivity (Wildman–Crippen MR) is 102 cm³/mol. The Balaban J connectivity index is 1.74. The normalized spacial score (nSPS) is 14.5. The van der Waals surface area contributed by atoms with Crippen molar-refractivity contribution in [2.75, 3.05) is 38.3 Å². The SMILES string of the molecule is COc1cccc(/C=C/C(=O)c2ccc(N3CCOCC3)cc2)c1OC(F)F. The number of rotatable bonds is 7. The van der Waals surface area contributed by atoms with Crippen molar-refractivity contribution in [3.05, 3.63) is 59.7 Å². The van der Waals surface area contributed by atoms with Gasteiger partial charge in [-0.2, -0.15) is 8.78 Å². The topological polar surface area (TPSA) is 48.0 Å². The molecule has 7 heteroatoms. The Morgan fingerprint density at radius 3 is 2.50 bits per heavy atom. The maximum atomic E-state index is 12.7. The first kappa shape index (κ1) is 19.8. The van der Waals surface area contributed by atoms with Gasteiger partial charge in [-0.1, -0.05) is 12.1 Å². The van der Waals surface area contributed by atoms with Crippen molar-refractivity contribution in [3.63, 3.8) is 0 Å². The molecule has 0 spiro atoms. The summed E-state index contributed by atoms with van der Waals surface area (Å²) < 4.78 is 40.3. The van der Waals surface area contributed by atoms with Crippen LogP contribution in [0, 0.1) is 0 Å². The molecule has 2 aromatic rings. The van der Waals surface area contributed by atoms with Crippen molar-refractivity contribution in [2.24, 2.45) is 0 Å². The molecule has 28 heavy (non-hydrogen) atoms. The fraction of sp³-hybridized carbons (Fsp3) is 0.286. The molecule has 1 fully saturated rings. The Morgan fingerprint density at radius 2 is 1.86 bits per heavy atom. The van der Waals surface area contributed by atoms with E-state index >= 15 is 0 Å². The fourth-order valence-corrected chi connectivity index (χ4v) is 2.96. The Labute approximate surface area is 162 Å². The van der Waals surface area contributed by atoms with Crippen LogP contribution in [0.4, 0.5) is 14.5 Å². The van der Waals surface area contributed by atoms with Gasteiger partial charge in [0.1, 0.15) is 0 Å². The Morgan fingerprint density at radius 1 is 1.14 bits per heavy atom. The molecule has 0 unspecified atom stereocenters. The van der Waals surface area contributed by atoms with E-state index in [0.717, 1.165) is 18.8 Å². The number of carbonyl (C=O) groups is 1. The average molecular weight is 389 g/mol. The summed E-state index contributed by atoms with van der Waals surface area (Å²) in [6, 6.07) is 12.0. The van der Waals surface area contributed by atoms with Gasteiger partial charge in [-0.15, -0.1) is 0 Å². The van der Waals surface area contributed by atoms with Gasteiger partial charge in [0.25, 0.3) is 0 Å². The van der Waals surface area contributed by atoms with E-state index in [-0.39, 0.29) is 17.3 Å². The van der Waals surface area contributed by atoms with Crippen LogP contribution in [0.2, 0.25) is 0 Å². The van der Waals surface area contributed by atoms with E-state index in [2.05, 4.69) is 9.64 Å². The highest BCUT2D eigenvalue weighted by Crippen LogP contribution is 2.33. The van der Waals surface area contributed by atoms with Gasteiger partial charge >= 0.3 is 6.61 Å². The number of methoxy groups -OCH3 is 1. The van der Waals surface area contributed by atoms with Crippen molar-refractivity contribution in [3.8, 4) is 11.5 Å². The standard InChI is InChI=1S/C21H21F2NO4/c1-26-19-4-2-3-16(20(19)28-21(22)23)7-10-18(25)15-5-8-17(9-6-15)24-11-13-27-14-12-24/h2-10,21H,11-14H2,1H3/b10-7+. The number of anilines is 1. The molecule has 2 aromatic carbocycles. The number of hydrogen-bond acceptors (Lipinski definition) is 5. The molecule has 0 atom stereocenters. The first-order valence-electron chi connectivity index (χ1n) is 8.85. The summed E-state index contributed by atoms with van der Waals surface area (Å²) in [4.78, 5) is 14.6. The minimum absolute atomic E-state index is 0.105. The smallest absolute Gasteiger partial charge is 0.387 e. The second kappa shape index (κ2) is 9.32. The summed E-state index contributed by atoms with van der Waals surface area (Å²) >= 11 is 0. The molecule has 0 N–H and O–H groups in total. The summed E-state index contributed by atoms with van der Waals surface area (Å²) in [6.45, 7) is 0.0122. The van der Waals surface area contributed by atoms with Crippen LogP contribution in [0.5, 0.6) is 11.5 Å². The average Bonchev–Trinajstić information content (AvgIpc) is 2.73. The Bertz CT molecular complexity index is 831. The number of benzene rings is 2. The van der Waals surface area contributed by atoms with Crippen LogP contribution in [0.1, 0.15) is 15.9 Å². The molecule has 1 aliphatic rings. The van der Waals surface area contributed by atoms with Crippen LogP contribution < -0.4 is 14.4 Å². The number of allylic oxidation sites excluding steroid dienone is 1. The van der Waals surface area contributed by atoms with E-state index < -0.39 is 6.61 Å². The third-order valence-electron chi connectivity index (χ3n) is 4.38. The molecule has 0 aromatic heterocycles. The van der Waals surface area contributed by atoms with E-state index in [4.69, 9.17) is 9.47 Å². The number of carbonyl (C=O) groups excluding carboxylic acids is 1. The highest BCUT2D eigenvalue weighted by Gasteiger charge is 2.15. The van der Waals surface area contributed by atoms with Gasteiger partial charge in [0.2, 0.25) is 0 Å². The second-order valence-electron chi connectivity index (χ2n) is 6.10. The first-order chi connectivity index (χ1) is 13.6. The Hall–Kier alpha value is -2.93. The van der Waals surface area contributed by atoms with E-state index in [0.29, 0.717) is 24.3 Å². The zero-order valence-corrected chi connectivity index (χ0v) is 15.4. The lowest BCUT2D eigenvalue weighted by molar-refractivity contribution is -0.0513. The quantitative estimate of drug-likeness (QED) is 0.529. The first-order valence-corrected chi connectivity index (χ1v) is 8.85. The van der Waals surface area contributed by atoms with Crippen LogP contribution in [0.15, 0.2) is 48.5 Å². The molecule has 148 valence electrons. The number of alkyl halides is 2. The highest BCUT2D eigenvalue weighted by atomic mass is 19.3. The minimum atomic E-state index is -2.99. The molecular weight excluding hydrogens is 368 g/mol. The number of nitrogens with zero attached hydrogens (tertiary/aromatic N) is 1. The van der Waals surface area contributed by atoms with Crippen molar-refractivity contribution in [1.29, 1.82) is 0 Å². The molecule has 0 saturated carbocycles. The highest BCUT2D eigenvalue weighted by molar-refractivity contribution is 6.07. The third kappa shape index (κ3) is 4.86. The van der Waals surface area contributed by atoms with E-state index in [1.165, 1.54) is 25.3 Å². The zero-order chi connectivity index (χ0) is 19.9. The molecule has 1 aliphatic heterocycles. The van der Waals surface area contributed by atoms with Gasteiger partial charge in [0.05, 0.1) is 20.3 Å². The fourth-order valence-electron chi connectivity index (χ4n) is 2.96. The van der Waals surface area contributed by atoms with E-state index in [1.54, 1.807) is 24.3 Å². The van der Waals surface area contributed by atoms with Crippen LogP contribution in [0.25, 0.3) is 6.08 Å². The molecule has 1 heterocycles. The van der Waals surface area contributed by atoms with Crippen molar-refractivity contribution < 1.29 is 27.8 Å². The molecule has 0 bridgehead atoms. The lowest BCUT2D eigenvalue weighted by Crippen LogP contribution is -2.36. The second-order valence-corrected chi connectivity index (χ2v) is 6.10. The molecular formula is C21H21F2NO4. The van der Waals surface area contributed by atoms with Crippen LogP contribution >= 0.6 is 0 Å². The van der Waals surface area contributed by atoms with Crippen molar-refractivity contribution >= 4 is 17.5 Å². The number of hydrogen-bond donors (Lipinski definition) is 0.